The zero-order chi connectivity index (χ0) is 13.0. The van der Waals surface area contributed by atoms with Gasteiger partial charge in [0.25, 0.3) is 0 Å². The van der Waals surface area contributed by atoms with Crippen LogP contribution >= 0.6 is 0 Å². The largest absolute Gasteiger partial charge is 0.350 e. The lowest BCUT2D eigenvalue weighted by molar-refractivity contribution is -0.124. The first-order valence-corrected chi connectivity index (χ1v) is 6.13. The summed E-state index contributed by atoms with van der Waals surface area (Å²) in [4.78, 5) is 11.9. The molecule has 3 heteroatoms. The molecule has 0 aromatic rings. The van der Waals surface area contributed by atoms with Crippen LogP contribution in [-0.2, 0) is 4.79 Å². The van der Waals surface area contributed by atoms with Crippen LogP contribution in [0.1, 0.15) is 54.9 Å². The van der Waals surface area contributed by atoms with E-state index in [0.717, 1.165) is 13.0 Å². The molecule has 1 unspecified atom stereocenters. The van der Waals surface area contributed by atoms with Crippen LogP contribution in [0, 0.1) is 5.41 Å². The lowest BCUT2D eigenvalue weighted by atomic mass is 9.96. The van der Waals surface area contributed by atoms with Crippen LogP contribution in [0.15, 0.2) is 0 Å². The maximum atomic E-state index is 11.9. The second-order valence-corrected chi connectivity index (χ2v) is 6.39. The lowest BCUT2D eigenvalue weighted by Crippen LogP contribution is -2.51. The van der Waals surface area contributed by atoms with E-state index in [1.54, 1.807) is 0 Å². The van der Waals surface area contributed by atoms with Crippen molar-refractivity contribution in [3.63, 3.8) is 0 Å². The van der Waals surface area contributed by atoms with Gasteiger partial charge in [0.2, 0.25) is 5.91 Å². The number of rotatable bonds is 5. The number of hydrogen-bond donors (Lipinski definition) is 2. The maximum Gasteiger partial charge on any atom is 0.237 e. The fourth-order valence-corrected chi connectivity index (χ4v) is 1.08. The van der Waals surface area contributed by atoms with Crippen LogP contribution < -0.4 is 10.6 Å². The molecule has 0 saturated heterocycles. The van der Waals surface area contributed by atoms with E-state index < -0.39 is 0 Å². The Balaban J connectivity index is 4.10. The van der Waals surface area contributed by atoms with Gasteiger partial charge in [-0.3, -0.25) is 4.79 Å². The van der Waals surface area contributed by atoms with Crippen molar-refractivity contribution in [3.8, 4) is 0 Å². The smallest absolute Gasteiger partial charge is 0.237 e. The fourth-order valence-electron chi connectivity index (χ4n) is 1.08. The molecule has 16 heavy (non-hydrogen) atoms. The van der Waals surface area contributed by atoms with Crippen LogP contribution in [0.2, 0.25) is 0 Å². The first-order chi connectivity index (χ1) is 7.07. The predicted octanol–water partition coefficient (Wildman–Crippen LogP) is 2.32. The van der Waals surface area contributed by atoms with Crippen molar-refractivity contribution in [2.24, 2.45) is 5.41 Å². The van der Waals surface area contributed by atoms with Crippen molar-refractivity contribution in [3.05, 3.63) is 0 Å². The molecule has 96 valence electrons. The van der Waals surface area contributed by atoms with E-state index in [0.29, 0.717) is 0 Å². The van der Waals surface area contributed by atoms with E-state index in [4.69, 9.17) is 0 Å². The van der Waals surface area contributed by atoms with E-state index in [-0.39, 0.29) is 22.9 Å². The number of carbonyl (C=O) groups is 1. The zero-order valence-corrected chi connectivity index (χ0v) is 11.9. The summed E-state index contributed by atoms with van der Waals surface area (Å²) >= 11 is 0. The first kappa shape index (κ1) is 15.4. The van der Waals surface area contributed by atoms with Crippen molar-refractivity contribution in [2.75, 3.05) is 6.54 Å². The minimum atomic E-state index is -0.134. The second-order valence-electron chi connectivity index (χ2n) is 6.39. The van der Waals surface area contributed by atoms with Crippen LogP contribution in [0.25, 0.3) is 0 Å². The highest BCUT2D eigenvalue weighted by molar-refractivity contribution is 5.81. The normalized spacial score (nSPS) is 14.7. The highest BCUT2D eigenvalue weighted by Crippen LogP contribution is 2.11. The average molecular weight is 228 g/mol. The van der Waals surface area contributed by atoms with Gasteiger partial charge >= 0.3 is 0 Å². The second kappa shape index (κ2) is 5.67. The summed E-state index contributed by atoms with van der Waals surface area (Å²) in [6.45, 7) is 15.4. The monoisotopic (exact) mass is 228 g/mol. The van der Waals surface area contributed by atoms with E-state index in [1.807, 2.05) is 20.8 Å². The highest BCUT2D eigenvalue weighted by atomic mass is 16.2. The number of hydrogen-bond acceptors (Lipinski definition) is 2. The molecule has 0 aromatic heterocycles. The lowest BCUT2D eigenvalue weighted by Gasteiger charge is -2.28. The summed E-state index contributed by atoms with van der Waals surface area (Å²) in [7, 11) is 0. The Morgan fingerprint density at radius 3 is 2.06 bits per heavy atom. The first-order valence-electron chi connectivity index (χ1n) is 6.13. The molecule has 1 atom stereocenters. The minimum Gasteiger partial charge on any atom is -0.350 e. The molecular weight excluding hydrogens is 200 g/mol. The predicted molar refractivity (Wildman–Crippen MR) is 69.4 cm³/mol. The summed E-state index contributed by atoms with van der Waals surface area (Å²) in [6, 6.07) is -0.134. The van der Waals surface area contributed by atoms with Gasteiger partial charge in [-0.2, -0.15) is 0 Å². The van der Waals surface area contributed by atoms with Crippen molar-refractivity contribution in [2.45, 2.75) is 66.5 Å². The number of carbonyl (C=O) groups excluding carboxylic acids is 1. The molecular formula is C13H28N2O. The zero-order valence-electron chi connectivity index (χ0n) is 11.9. The Bertz CT molecular complexity index is 229. The third kappa shape index (κ3) is 6.83. The standard InChI is InChI=1S/C13H28N2O/c1-8-13(6,7)15-11(16)10(2)14-9-12(3,4)5/h10,14H,8-9H2,1-7H3,(H,15,16). The number of amides is 1. The molecule has 0 heterocycles. The summed E-state index contributed by atoms with van der Waals surface area (Å²) in [5.74, 6) is 0.0797. The molecule has 0 radical (unpaired) electrons. The molecule has 1 amide bonds. The molecule has 2 N–H and O–H groups in total. The van der Waals surface area contributed by atoms with Crippen molar-refractivity contribution in [1.29, 1.82) is 0 Å². The van der Waals surface area contributed by atoms with Crippen LogP contribution in [0.4, 0.5) is 0 Å². The van der Waals surface area contributed by atoms with Gasteiger partial charge in [-0.25, -0.2) is 0 Å². The number of nitrogens with one attached hydrogen (secondary N) is 2. The van der Waals surface area contributed by atoms with Crippen LogP contribution in [-0.4, -0.2) is 24.0 Å². The molecule has 0 rings (SSSR count). The maximum absolute atomic E-state index is 11.9. The molecule has 0 fully saturated rings. The Morgan fingerprint density at radius 2 is 1.69 bits per heavy atom. The summed E-state index contributed by atoms with van der Waals surface area (Å²) < 4.78 is 0. The summed E-state index contributed by atoms with van der Waals surface area (Å²) in [6.07, 6.45) is 0.935. The molecule has 0 aliphatic carbocycles. The molecule has 3 nitrogen and oxygen atoms in total. The molecule has 0 spiro atoms. The van der Waals surface area contributed by atoms with Gasteiger partial charge < -0.3 is 10.6 Å². The third-order valence-electron chi connectivity index (χ3n) is 2.68. The average Bonchev–Trinajstić information content (AvgIpc) is 2.12. The van der Waals surface area contributed by atoms with Crippen LogP contribution in [0.5, 0.6) is 0 Å². The quantitative estimate of drug-likeness (QED) is 0.758. The third-order valence-corrected chi connectivity index (χ3v) is 2.68. The topological polar surface area (TPSA) is 41.1 Å². The van der Waals surface area contributed by atoms with Gasteiger partial charge in [-0.1, -0.05) is 27.7 Å². The van der Waals surface area contributed by atoms with Crippen molar-refractivity contribution < 1.29 is 4.79 Å². The van der Waals surface area contributed by atoms with E-state index in [9.17, 15) is 4.79 Å². The molecule has 0 aliphatic heterocycles. The van der Waals surface area contributed by atoms with Gasteiger partial charge in [0, 0.05) is 12.1 Å². The van der Waals surface area contributed by atoms with Crippen LogP contribution in [0.3, 0.4) is 0 Å². The van der Waals surface area contributed by atoms with Gasteiger partial charge in [-0.15, -0.1) is 0 Å². The summed E-state index contributed by atoms with van der Waals surface area (Å²) in [5, 5.41) is 6.30. The van der Waals surface area contributed by atoms with Crippen molar-refractivity contribution >= 4 is 5.91 Å². The van der Waals surface area contributed by atoms with Gasteiger partial charge in [-0.05, 0) is 32.6 Å². The molecule has 0 saturated carbocycles. The Morgan fingerprint density at radius 1 is 1.19 bits per heavy atom. The Hall–Kier alpha value is -0.570. The van der Waals surface area contributed by atoms with Crippen molar-refractivity contribution in [1.82, 2.24) is 10.6 Å². The highest BCUT2D eigenvalue weighted by Gasteiger charge is 2.22. The van der Waals surface area contributed by atoms with E-state index >= 15 is 0 Å². The van der Waals surface area contributed by atoms with Gasteiger partial charge in [0.05, 0.1) is 6.04 Å². The minimum absolute atomic E-state index is 0.0797. The van der Waals surface area contributed by atoms with E-state index in [2.05, 4.69) is 38.3 Å². The molecule has 0 aliphatic rings. The van der Waals surface area contributed by atoms with Gasteiger partial charge in [0.1, 0.15) is 0 Å². The van der Waals surface area contributed by atoms with E-state index in [1.165, 1.54) is 0 Å². The Kier molecular flexibility index (Phi) is 5.47. The van der Waals surface area contributed by atoms with Gasteiger partial charge in [0.15, 0.2) is 0 Å². The fraction of sp³-hybridized carbons (Fsp3) is 0.923. The molecule has 0 bridgehead atoms. The SMILES string of the molecule is CCC(C)(C)NC(=O)C(C)NCC(C)(C)C. The Labute approximate surface area is 100 Å². The summed E-state index contributed by atoms with van der Waals surface area (Å²) in [5.41, 5.74) is 0.0869. The molecule has 0 aromatic carbocycles.